The lowest BCUT2D eigenvalue weighted by Crippen LogP contribution is -2.31. The van der Waals surface area contributed by atoms with Crippen molar-refractivity contribution in [2.45, 2.75) is 51.7 Å². The fourth-order valence-electron chi connectivity index (χ4n) is 2.88. The molecule has 1 saturated carbocycles. The Bertz CT molecular complexity index is 426. The second-order valence-electron chi connectivity index (χ2n) is 5.58. The van der Waals surface area contributed by atoms with Gasteiger partial charge in [-0.2, -0.15) is 0 Å². The maximum absolute atomic E-state index is 9.57. The van der Waals surface area contributed by atoms with Crippen LogP contribution in [0.25, 0.3) is 0 Å². The Labute approximate surface area is 120 Å². The number of nitrogens with one attached hydrogen (secondary N) is 1. The van der Waals surface area contributed by atoms with Crippen LogP contribution in [0.5, 0.6) is 0 Å². The third-order valence-corrected chi connectivity index (χ3v) is 3.90. The van der Waals surface area contributed by atoms with Crippen LogP contribution in [-0.4, -0.2) is 34.8 Å². The van der Waals surface area contributed by atoms with Gasteiger partial charge in [0.05, 0.1) is 0 Å². The Morgan fingerprint density at radius 1 is 1.30 bits per heavy atom. The number of nitrogens with zero attached hydrogens (tertiary/aromatic N) is 2. The van der Waals surface area contributed by atoms with E-state index in [-0.39, 0.29) is 6.61 Å². The van der Waals surface area contributed by atoms with Gasteiger partial charge >= 0.3 is 0 Å². The average molecular weight is 279 g/mol. The first-order valence-electron chi connectivity index (χ1n) is 7.44. The number of ether oxygens (including phenoxy) is 1. The van der Waals surface area contributed by atoms with Crippen molar-refractivity contribution in [3.63, 3.8) is 0 Å². The summed E-state index contributed by atoms with van der Waals surface area (Å²) >= 11 is 0. The standard InChI is InChI=1S/C15H25N3O2/c1-11-8-14(18-15(16-11)10-20-2)17-13-7-5-3-4-6-12(13)9-19/h8,12-13,19H,3-7,9-10H2,1-2H3,(H,16,17,18)/t12-,13+/m0/s1. The van der Waals surface area contributed by atoms with Crippen LogP contribution in [0.15, 0.2) is 6.07 Å². The molecule has 1 heterocycles. The van der Waals surface area contributed by atoms with Gasteiger partial charge in [-0.25, -0.2) is 9.97 Å². The van der Waals surface area contributed by atoms with Gasteiger partial charge in [-0.1, -0.05) is 19.3 Å². The number of aliphatic hydroxyl groups excluding tert-OH is 1. The highest BCUT2D eigenvalue weighted by Crippen LogP contribution is 2.25. The predicted octanol–water partition coefficient (Wildman–Crippen LogP) is 2.28. The molecule has 5 nitrogen and oxygen atoms in total. The van der Waals surface area contributed by atoms with Crippen molar-refractivity contribution in [1.29, 1.82) is 0 Å². The average Bonchev–Trinajstić information content (AvgIpc) is 2.63. The summed E-state index contributed by atoms with van der Waals surface area (Å²) in [7, 11) is 1.64. The Morgan fingerprint density at radius 2 is 2.10 bits per heavy atom. The van der Waals surface area contributed by atoms with Gasteiger partial charge in [0.2, 0.25) is 0 Å². The molecule has 0 bridgehead atoms. The van der Waals surface area contributed by atoms with E-state index in [2.05, 4.69) is 15.3 Å². The smallest absolute Gasteiger partial charge is 0.156 e. The molecule has 0 aromatic carbocycles. The second kappa shape index (κ2) is 7.55. The van der Waals surface area contributed by atoms with E-state index in [0.29, 0.717) is 24.4 Å². The zero-order valence-corrected chi connectivity index (χ0v) is 12.4. The first-order chi connectivity index (χ1) is 9.72. The third kappa shape index (κ3) is 4.15. The minimum atomic E-state index is 0.243. The van der Waals surface area contributed by atoms with Gasteiger partial charge in [-0.3, -0.25) is 0 Å². The normalized spacial score (nSPS) is 23.4. The summed E-state index contributed by atoms with van der Waals surface area (Å²) in [6.07, 6.45) is 5.85. The van der Waals surface area contributed by atoms with Crippen molar-refractivity contribution in [3.8, 4) is 0 Å². The molecule has 1 fully saturated rings. The maximum atomic E-state index is 9.57. The third-order valence-electron chi connectivity index (χ3n) is 3.90. The van der Waals surface area contributed by atoms with E-state index in [1.807, 2.05) is 13.0 Å². The van der Waals surface area contributed by atoms with Gasteiger partial charge in [-0.15, -0.1) is 0 Å². The molecule has 0 unspecified atom stereocenters. The van der Waals surface area contributed by atoms with Crippen molar-refractivity contribution in [3.05, 3.63) is 17.6 Å². The Hall–Kier alpha value is -1.20. The summed E-state index contributed by atoms with van der Waals surface area (Å²) in [5.74, 6) is 1.86. The van der Waals surface area contributed by atoms with Crippen molar-refractivity contribution in [2.24, 2.45) is 5.92 Å². The quantitative estimate of drug-likeness (QED) is 0.809. The fraction of sp³-hybridized carbons (Fsp3) is 0.733. The van der Waals surface area contributed by atoms with E-state index in [1.54, 1.807) is 7.11 Å². The Morgan fingerprint density at radius 3 is 2.85 bits per heavy atom. The van der Waals surface area contributed by atoms with Crippen molar-refractivity contribution >= 4 is 5.82 Å². The van der Waals surface area contributed by atoms with Crippen molar-refractivity contribution < 1.29 is 9.84 Å². The van der Waals surface area contributed by atoms with E-state index in [4.69, 9.17) is 4.74 Å². The fourth-order valence-corrected chi connectivity index (χ4v) is 2.88. The van der Waals surface area contributed by atoms with Gasteiger partial charge in [0.1, 0.15) is 12.4 Å². The summed E-state index contributed by atoms with van der Waals surface area (Å²) in [4.78, 5) is 8.84. The lowest BCUT2D eigenvalue weighted by molar-refractivity contribution is 0.177. The molecule has 0 aliphatic heterocycles. The molecule has 2 N–H and O–H groups in total. The lowest BCUT2D eigenvalue weighted by atomic mass is 9.95. The largest absolute Gasteiger partial charge is 0.396 e. The second-order valence-corrected chi connectivity index (χ2v) is 5.58. The molecule has 0 radical (unpaired) electrons. The molecule has 2 atom stereocenters. The number of aromatic nitrogens is 2. The van der Waals surface area contributed by atoms with E-state index < -0.39 is 0 Å². The summed E-state index contributed by atoms with van der Waals surface area (Å²) in [5.41, 5.74) is 0.934. The number of hydrogen-bond acceptors (Lipinski definition) is 5. The minimum absolute atomic E-state index is 0.243. The van der Waals surface area contributed by atoms with Crippen LogP contribution in [0.1, 0.15) is 43.6 Å². The molecule has 1 aromatic heterocycles. The van der Waals surface area contributed by atoms with E-state index >= 15 is 0 Å². The first-order valence-corrected chi connectivity index (χ1v) is 7.44. The summed E-state index contributed by atoms with van der Waals surface area (Å²) in [6.45, 7) is 2.62. The zero-order valence-electron chi connectivity index (χ0n) is 12.4. The Balaban J connectivity index is 2.10. The highest BCUT2D eigenvalue weighted by molar-refractivity contribution is 5.37. The molecular weight excluding hydrogens is 254 g/mol. The molecule has 20 heavy (non-hydrogen) atoms. The number of hydrogen-bond donors (Lipinski definition) is 2. The molecule has 1 aliphatic rings. The van der Waals surface area contributed by atoms with Gasteiger partial charge in [0.25, 0.3) is 0 Å². The summed E-state index contributed by atoms with van der Waals surface area (Å²) in [6, 6.07) is 2.26. The number of anilines is 1. The number of rotatable bonds is 5. The molecule has 112 valence electrons. The van der Waals surface area contributed by atoms with Crippen LogP contribution in [-0.2, 0) is 11.3 Å². The van der Waals surface area contributed by atoms with Crippen LogP contribution in [0.4, 0.5) is 5.82 Å². The van der Waals surface area contributed by atoms with Gasteiger partial charge in [0.15, 0.2) is 5.82 Å². The molecular formula is C15H25N3O2. The van der Waals surface area contributed by atoms with Crippen LogP contribution in [0.3, 0.4) is 0 Å². The molecule has 1 aliphatic carbocycles. The summed E-state index contributed by atoms with van der Waals surface area (Å²) in [5, 5.41) is 13.1. The van der Waals surface area contributed by atoms with E-state index in [0.717, 1.165) is 24.4 Å². The molecule has 0 saturated heterocycles. The van der Waals surface area contributed by atoms with E-state index in [1.165, 1.54) is 19.3 Å². The topological polar surface area (TPSA) is 67.3 Å². The first kappa shape index (κ1) is 15.2. The van der Waals surface area contributed by atoms with Crippen LogP contribution >= 0.6 is 0 Å². The van der Waals surface area contributed by atoms with Crippen molar-refractivity contribution in [1.82, 2.24) is 9.97 Å². The van der Waals surface area contributed by atoms with Crippen molar-refractivity contribution in [2.75, 3.05) is 19.0 Å². The predicted molar refractivity (Wildman–Crippen MR) is 78.6 cm³/mol. The van der Waals surface area contributed by atoms with Gasteiger partial charge < -0.3 is 15.2 Å². The van der Waals surface area contributed by atoms with Gasteiger partial charge in [0, 0.05) is 37.4 Å². The highest BCUT2D eigenvalue weighted by atomic mass is 16.5. The molecule has 0 spiro atoms. The molecule has 1 aromatic rings. The van der Waals surface area contributed by atoms with Crippen LogP contribution in [0, 0.1) is 12.8 Å². The summed E-state index contributed by atoms with van der Waals surface area (Å²) < 4.78 is 5.10. The van der Waals surface area contributed by atoms with Gasteiger partial charge in [-0.05, 0) is 19.8 Å². The Kier molecular flexibility index (Phi) is 5.73. The maximum Gasteiger partial charge on any atom is 0.156 e. The van der Waals surface area contributed by atoms with Crippen LogP contribution in [0.2, 0.25) is 0 Å². The number of methoxy groups -OCH3 is 1. The molecule has 5 heteroatoms. The van der Waals surface area contributed by atoms with E-state index in [9.17, 15) is 5.11 Å². The zero-order chi connectivity index (χ0) is 14.4. The monoisotopic (exact) mass is 279 g/mol. The number of aryl methyl sites for hydroxylation is 1. The lowest BCUT2D eigenvalue weighted by Gasteiger charge is -2.25. The minimum Gasteiger partial charge on any atom is -0.396 e. The van der Waals surface area contributed by atoms with Crippen LogP contribution < -0.4 is 5.32 Å². The molecule has 0 amide bonds. The SMILES string of the molecule is COCc1nc(C)cc(N[C@@H]2CCCCC[C@H]2CO)n1. The molecule has 2 rings (SSSR count). The highest BCUT2D eigenvalue weighted by Gasteiger charge is 2.23. The number of aliphatic hydroxyl groups is 1.